The van der Waals surface area contributed by atoms with Crippen molar-refractivity contribution in [3.05, 3.63) is 30.1 Å². The second-order valence-electron chi connectivity index (χ2n) is 3.49. The van der Waals surface area contributed by atoms with Gasteiger partial charge in [0.25, 0.3) is 0 Å². The van der Waals surface area contributed by atoms with E-state index in [0.717, 1.165) is 18.0 Å². The molecule has 4 heteroatoms. The van der Waals surface area contributed by atoms with Crippen molar-refractivity contribution in [1.82, 2.24) is 10.3 Å². The monoisotopic (exact) mass is 203 g/mol. The SMILES string of the molecule is CCC1N=C(Cc2ccccn2)NC1=O. The van der Waals surface area contributed by atoms with Gasteiger partial charge in [0.15, 0.2) is 0 Å². The zero-order valence-corrected chi connectivity index (χ0v) is 8.60. The highest BCUT2D eigenvalue weighted by molar-refractivity contribution is 6.06. The maximum absolute atomic E-state index is 11.4. The minimum atomic E-state index is -0.205. The summed E-state index contributed by atoms with van der Waals surface area (Å²) in [6, 6.07) is 5.52. The van der Waals surface area contributed by atoms with Crippen LogP contribution in [-0.2, 0) is 11.2 Å². The fourth-order valence-corrected chi connectivity index (χ4v) is 1.55. The number of carbonyl (C=O) groups excluding carboxylic acids is 1. The maximum atomic E-state index is 11.4. The van der Waals surface area contributed by atoms with E-state index in [9.17, 15) is 4.79 Å². The lowest BCUT2D eigenvalue weighted by atomic mass is 10.2. The van der Waals surface area contributed by atoms with Crippen LogP contribution in [0.25, 0.3) is 0 Å². The molecule has 0 spiro atoms. The average Bonchev–Trinajstić information content (AvgIpc) is 2.60. The van der Waals surface area contributed by atoms with Gasteiger partial charge >= 0.3 is 0 Å². The maximum Gasteiger partial charge on any atom is 0.250 e. The minimum Gasteiger partial charge on any atom is -0.312 e. The largest absolute Gasteiger partial charge is 0.312 e. The Bertz CT molecular complexity index is 386. The lowest BCUT2D eigenvalue weighted by molar-refractivity contribution is -0.120. The lowest BCUT2D eigenvalue weighted by Gasteiger charge is -1.99. The van der Waals surface area contributed by atoms with Gasteiger partial charge in [-0.2, -0.15) is 0 Å². The smallest absolute Gasteiger partial charge is 0.250 e. The van der Waals surface area contributed by atoms with Gasteiger partial charge in [-0.05, 0) is 18.6 Å². The fourth-order valence-electron chi connectivity index (χ4n) is 1.55. The van der Waals surface area contributed by atoms with Crippen LogP contribution in [0.4, 0.5) is 0 Å². The Morgan fingerprint density at radius 3 is 2.93 bits per heavy atom. The first-order valence-corrected chi connectivity index (χ1v) is 5.07. The molecule has 1 aromatic heterocycles. The first kappa shape index (κ1) is 9.83. The molecule has 0 aromatic carbocycles. The lowest BCUT2D eigenvalue weighted by Crippen LogP contribution is -2.29. The first-order valence-electron chi connectivity index (χ1n) is 5.07. The quantitative estimate of drug-likeness (QED) is 0.794. The number of nitrogens with one attached hydrogen (secondary N) is 1. The van der Waals surface area contributed by atoms with Gasteiger partial charge in [0, 0.05) is 18.3 Å². The molecule has 1 atom stereocenters. The average molecular weight is 203 g/mol. The zero-order chi connectivity index (χ0) is 10.7. The molecule has 1 N–H and O–H groups in total. The molecule has 1 aliphatic rings. The fraction of sp³-hybridized carbons (Fsp3) is 0.364. The van der Waals surface area contributed by atoms with Crippen LogP contribution in [0.1, 0.15) is 19.0 Å². The molecule has 1 unspecified atom stereocenters. The standard InChI is InChI=1S/C11H13N3O/c1-2-9-11(15)14-10(13-9)7-8-5-3-4-6-12-8/h3-6,9H,2,7H2,1H3,(H,13,14,15). The number of amidine groups is 1. The molecular formula is C11H13N3O. The third-order valence-electron chi connectivity index (χ3n) is 2.34. The summed E-state index contributed by atoms with van der Waals surface area (Å²) in [5, 5.41) is 2.77. The Kier molecular flexibility index (Phi) is 2.76. The second kappa shape index (κ2) is 4.21. The number of hydrogen-bond donors (Lipinski definition) is 1. The number of nitrogens with zero attached hydrogens (tertiary/aromatic N) is 2. The molecule has 0 radical (unpaired) electrons. The van der Waals surface area contributed by atoms with Gasteiger partial charge in [-0.3, -0.25) is 14.8 Å². The topological polar surface area (TPSA) is 54.4 Å². The van der Waals surface area contributed by atoms with Crippen LogP contribution in [-0.4, -0.2) is 22.8 Å². The van der Waals surface area contributed by atoms with Crippen LogP contribution in [0.15, 0.2) is 29.4 Å². The summed E-state index contributed by atoms with van der Waals surface area (Å²) in [4.78, 5) is 19.8. The summed E-state index contributed by atoms with van der Waals surface area (Å²) in [7, 11) is 0. The number of carbonyl (C=O) groups is 1. The van der Waals surface area contributed by atoms with Crippen molar-refractivity contribution in [1.29, 1.82) is 0 Å². The highest BCUT2D eigenvalue weighted by Crippen LogP contribution is 2.07. The Morgan fingerprint density at radius 2 is 2.33 bits per heavy atom. The normalized spacial score (nSPS) is 19.9. The first-order chi connectivity index (χ1) is 7.29. The molecule has 0 aliphatic carbocycles. The van der Waals surface area contributed by atoms with E-state index in [4.69, 9.17) is 0 Å². The predicted octanol–water partition coefficient (Wildman–Crippen LogP) is 0.931. The van der Waals surface area contributed by atoms with Crippen LogP contribution in [0.2, 0.25) is 0 Å². The molecule has 4 nitrogen and oxygen atoms in total. The second-order valence-corrected chi connectivity index (χ2v) is 3.49. The van der Waals surface area contributed by atoms with Gasteiger partial charge in [-0.25, -0.2) is 0 Å². The van der Waals surface area contributed by atoms with Gasteiger partial charge in [0.05, 0.1) is 0 Å². The molecule has 1 aliphatic heterocycles. The van der Waals surface area contributed by atoms with Crippen LogP contribution < -0.4 is 5.32 Å². The van der Waals surface area contributed by atoms with Crippen LogP contribution >= 0.6 is 0 Å². The molecule has 15 heavy (non-hydrogen) atoms. The molecule has 0 fully saturated rings. The Balaban J connectivity index is 2.06. The minimum absolute atomic E-state index is 0.00318. The summed E-state index contributed by atoms with van der Waals surface area (Å²) in [6.07, 6.45) is 3.09. The molecule has 1 amide bonds. The number of pyridine rings is 1. The third-order valence-corrected chi connectivity index (χ3v) is 2.34. The molecule has 0 bridgehead atoms. The van der Waals surface area contributed by atoms with Crippen LogP contribution in [0.3, 0.4) is 0 Å². The Morgan fingerprint density at radius 1 is 1.47 bits per heavy atom. The van der Waals surface area contributed by atoms with Crippen molar-refractivity contribution in [3.63, 3.8) is 0 Å². The van der Waals surface area contributed by atoms with E-state index >= 15 is 0 Å². The van der Waals surface area contributed by atoms with E-state index in [-0.39, 0.29) is 11.9 Å². The summed E-state index contributed by atoms with van der Waals surface area (Å²) in [6.45, 7) is 1.96. The van der Waals surface area contributed by atoms with Crippen LogP contribution in [0, 0.1) is 0 Å². The van der Waals surface area contributed by atoms with Crippen molar-refractivity contribution in [2.45, 2.75) is 25.8 Å². The van der Waals surface area contributed by atoms with Gasteiger partial charge in [0.1, 0.15) is 11.9 Å². The zero-order valence-electron chi connectivity index (χ0n) is 8.60. The summed E-state index contributed by atoms with van der Waals surface area (Å²) in [5.74, 6) is 0.731. The van der Waals surface area contributed by atoms with E-state index in [2.05, 4.69) is 15.3 Å². The highest BCUT2D eigenvalue weighted by Gasteiger charge is 2.24. The summed E-state index contributed by atoms with van der Waals surface area (Å²) >= 11 is 0. The van der Waals surface area contributed by atoms with Crippen molar-refractivity contribution >= 4 is 11.7 Å². The molecule has 2 heterocycles. The number of rotatable bonds is 3. The number of aliphatic imine (C=N–C) groups is 1. The van der Waals surface area contributed by atoms with Gasteiger partial charge in [-0.1, -0.05) is 13.0 Å². The van der Waals surface area contributed by atoms with Crippen molar-refractivity contribution < 1.29 is 4.79 Å². The molecule has 0 saturated carbocycles. The summed E-state index contributed by atoms with van der Waals surface area (Å²) < 4.78 is 0. The predicted molar refractivity (Wildman–Crippen MR) is 57.6 cm³/mol. The van der Waals surface area contributed by atoms with E-state index in [1.807, 2.05) is 25.1 Å². The highest BCUT2D eigenvalue weighted by atomic mass is 16.2. The van der Waals surface area contributed by atoms with E-state index < -0.39 is 0 Å². The molecule has 2 rings (SSSR count). The van der Waals surface area contributed by atoms with Crippen molar-refractivity contribution in [2.24, 2.45) is 4.99 Å². The third kappa shape index (κ3) is 2.21. The summed E-state index contributed by atoms with van der Waals surface area (Å²) in [5.41, 5.74) is 0.924. The van der Waals surface area contributed by atoms with Gasteiger partial charge < -0.3 is 5.32 Å². The van der Waals surface area contributed by atoms with E-state index in [1.54, 1.807) is 6.20 Å². The Hall–Kier alpha value is -1.71. The van der Waals surface area contributed by atoms with E-state index in [1.165, 1.54) is 0 Å². The van der Waals surface area contributed by atoms with Crippen LogP contribution in [0.5, 0.6) is 0 Å². The Labute approximate surface area is 88.4 Å². The number of aromatic nitrogens is 1. The molecule has 78 valence electrons. The van der Waals surface area contributed by atoms with Crippen molar-refractivity contribution in [2.75, 3.05) is 0 Å². The molecule has 0 saturated heterocycles. The number of hydrogen-bond acceptors (Lipinski definition) is 3. The van der Waals surface area contributed by atoms with E-state index in [0.29, 0.717) is 6.42 Å². The molecule has 1 aromatic rings. The van der Waals surface area contributed by atoms with Crippen molar-refractivity contribution in [3.8, 4) is 0 Å². The van der Waals surface area contributed by atoms with Gasteiger partial charge in [0.2, 0.25) is 5.91 Å². The van der Waals surface area contributed by atoms with Gasteiger partial charge in [-0.15, -0.1) is 0 Å². The number of amides is 1. The molecular weight excluding hydrogens is 190 g/mol.